The molecule has 0 spiro atoms. The number of aromatic nitrogens is 2. The molecule has 6 heteroatoms. The lowest BCUT2D eigenvalue weighted by atomic mass is 10.3. The van der Waals surface area contributed by atoms with Crippen LogP contribution in [-0.2, 0) is 0 Å². The number of nitrogens with one attached hydrogen (secondary N) is 1. The van der Waals surface area contributed by atoms with E-state index in [-0.39, 0.29) is 11.4 Å². The Hall–Kier alpha value is -1.82. The van der Waals surface area contributed by atoms with Crippen molar-refractivity contribution in [3.8, 4) is 11.6 Å². The Bertz CT molecular complexity index is 660. The molecule has 1 aromatic carbocycles. The molecule has 0 unspecified atom stereocenters. The van der Waals surface area contributed by atoms with E-state index in [1.54, 1.807) is 6.07 Å². The fourth-order valence-electron chi connectivity index (χ4n) is 1.79. The fraction of sp³-hybridized carbons (Fsp3) is 0.231. The first-order valence-corrected chi connectivity index (χ1v) is 6.76. The molecule has 1 aliphatic rings. The molecule has 3 N–H and O–H groups in total. The average Bonchev–Trinajstić information content (AvgIpc) is 3.17. The second-order valence-electron chi connectivity index (χ2n) is 4.50. The summed E-state index contributed by atoms with van der Waals surface area (Å²) in [6, 6.07) is 6.69. The number of rotatable bonds is 3. The van der Waals surface area contributed by atoms with Gasteiger partial charge in [0.2, 0.25) is 5.88 Å². The first-order valence-electron chi connectivity index (χ1n) is 5.96. The molecule has 5 nitrogen and oxygen atoms in total. The van der Waals surface area contributed by atoms with Crippen LogP contribution >= 0.6 is 15.9 Å². The summed E-state index contributed by atoms with van der Waals surface area (Å²) in [5.74, 6) is 1.78. The van der Waals surface area contributed by atoms with E-state index in [2.05, 4.69) is 25.9 Å². The standard InChI is InChI=1S/C13H12BrN3O2/c14-8-2-1-3-9(15)12(8)19-11-6-10(18)16-13(17-11)7-4-5-7/h1-3,6-7H,4-5,15H2,(H,16,17,18). The van der Waals surface area contributed by atoms with Crippen LogP contribution in [0.5, 0.6) is 11.6 Å². The summed E-state index contributed by atoms with van der Waals surface area (Å²) >= 11 is 3.36. The predicted octanol–water partition coefficient (Wildman–Crippen LogP) is 2.78. The van der Waals surface area contributed by atoms with E-state index < -0.39 is 0 Å². The van der Waals surface area contributed by atoms with Crippen molar-refractivity contribution in [1.82, 2.24) is 9.97 Å². The quantitative estimate of drug-likeness (QED) is 0.852. The number of benzene rings is 1. The minimum absolute atomic E-state index is 0.211. The van der Waals surface area contributed by atoms with Gasteiger partial charge in [-0.1, -0.05) is 6.07 Å². The number of ether oxygens (including phenoxy) is 1. The number of nitrogens with zero attached hydrogens (tertiary/aromatic N) is 1. The highest BCUT2D eigenvalue weighted by atomic mass is 79.9. The van der Waals surface area contributed by atoms with Crippen LogP contribution in [-0.4, -0.2) is 9.97 Å². The normalized spacial score (nSPS) is 14.4. The molecule has 1 saturated carbocycles. The summed E-state index contributed by atoms with van der Waals surface area (Å²) in [5, 5.41) is 0. The van der Waals surface area contributed by atoms with Gasteiger partial charge in [0.05, 0.1) is 16.2 Å². The van der Waals surface area contributed by atoms with Gasteiger partial charge in [0.25, 0.3) is 5.56 Å². The minimum atomic E-state index is -0.211. The van der Waals surface area contributed by atoms with Gasteiger partial charge in [-0.3, -0.25) is 4.79 Å². The highest BCUT2D eigenvalue weighted by Crippen LogP contribution is 2.39. The smallest absolute Gasteiger partial charge is 0.254 e. The van der Waals surface area contributed by atoms with Gasteiger partial charge in [0, 0.05) is 5.92 Å². The number of aromatic amines is 1. The van der Waals surface area contributed by atoms with Crippen molar-refractivity contribution in [1.29, 1.82) is 0 Å². The monoisotopic (exact) mass is 321 g/mol. The number of para-hydroxylation sites is 1. The van der Waals surface area contributed by atoms with Gasteiger partial charge in [-0.15, -0.1) is 0 Å². The molecule has 0 aliphatic heterocycles. The third-order valence-corrected chi connectivity index (χ3v) is 3.53. The lowest BCUT2D eigenvalue weighted by molar-refractivity contribution is 0.457. The minimum Gasteiger partial charge on any atom is -0.435 e. The molecule has 0 bridgehead atoms. The van der Waals surface area contributed by atoms with Crippen LogP contribution in [0.25, 0.3) is 0 Å². The van der Waals surface area contributed by atoms with E-state index in [4.69, 9.17) is 10.5 Å². The van der Waals surface area contributed by atoms with Crippen LogP contribution in [0.3, 0.4) is 0 Å². The maximum absolute atomic E-state index is 11.6. The number of nitrogen functional groups attached to an aromatic ring is 1. The first kappa shape index (κ1) is 12.2. The molecule has 0 amide bonds. The number of nitrogens with two attached hydrogens (primary N) is 1. The highest BCUT2D eigenvalue weighted by Gasteiger charge is 2.26. The molecule has 3 rings (SSSR count). The zero-order chi connectivity index (χ0) is 13.4. The van der Waals surface area contributed by atoms with Crippen molar-refractivity contribution in [2.75, 3.05) is 5.73 Å². The molecule has 98 valence electrons. The maximum atomic E-state index is 11.6. The Morgan fingerprint density at radius 1 is 1.42 bits per heavy atom. The van der Waals surface area contributed by atoms with Crippen LogP contribution in [0, 0.1) is 0 Å². The Morgan fingerprint density at radius 3 is 2.89 bits per heavy atom. The maximum Gasteiger partial charge on any atom is 0.254 e. The number of anilines is 1. The largest absolute Gasteiger partial charge is 0.435 e. The van der Waals surface area contributed by atoms with Crippen LogP contribution in [0.2, 0.25) is 0 Å². The van der Waals surface area contributed by atoms with Crippen molar-refractivity contribution in [3.63, 3.8) is 0 Å². The van der Waals surface area contributed by atoms with Gasteiger partial charge in [0.1, 0.15) is 5.82 Å². The summed E-state index contributed by atoms with van der Waals surface area (Å²) < 4.78 is 6.36. The summed E-state index contributed by atoms with van der Waals surface area (Å²) in [6.07, 6.45) is 2.12. The van der Waals surface area contributed by atoms with E-state index in [9.17, 15) is 4.79 Å². The van der Waals surface area contributed by atoms with Crippen molar-refractivity contribution < 1.29 is 4.74 Å². The molecule has 1 aromatic heterocycles. The number of H-pyrrole nitrogens is 1. The SMILES string of the molecule is Nc1cccc(Br)c1Oc1cc(=O)[nH]c(C2CC2)n1. The lowest BCUT2D eigenvalue weighted by Crippen LogP contribution is -2.10. The van der Waals surface area contributed by atoms with Crippen LogP contribution in [0.1, 0.15) is 24.6 Å². The van der Waals surface area contributed by atoms with Gasteiger partial charge in [0.15, 0.2) is 5.75 Å². The molecule has 0 atom stereocenters. The number of halogens is 1. The van der Waals surface area contributed by atoms with Gasteiger partial charge in [-0.2, -0.15) is 4.98 Å². The van der Waals surface area contributed by atoms with Crippen LogP contribution < -0.4 is 16.0 Å². The van der Waals surface area contributed by atoms with Gasteiger partial charge >= 0.3 is 0 Å². The van der Waals surface area contributed by atoms with Crippen molar-refractivity contribution >= 4 is 21.6 Å². The molecule has 1 heterocycles. The Morgan fingerprint density at radius 2 is 2.21 bits per heavy atom. The zero-order valence-corrected chi connectivity index (χ0v) is 11.6. The zero-order valence-electron chi connectivity index (χ0n) is 10.0. The van der Waals surface area contributed by atoms with Gasteiger partial charge < -0.3 is 15.5 Å². The predicted molar refractivity (Wildman–Crippen MR) is 75.5 cm³/mol. The summed E-state index contributed by atoms with van der Waals surface area (Å²) in [4.78, 5) is 18.6. The Kier molecular flexibility index (Phi) is 3.02. The fourth-order valence-corrected chi connectivity index (χ4v) is 2.26. The molecule has 1 fully saturated rings. The number of hydrogen-bond acceptors (Lipinski definition) is 4. The Balaban J connectivity index is 1.97. The lowest BCUT2D eigenvalue weighted by Gasteiger charge is -2.09. The highest BCUT2D eigenvalue weighted by molar-refractivity contribution is 9.10. The molecule has 2 aromatic rings. The summed E-state index contributed by atoms with van der Waals surface area (Å²) in [7, 11) is 0. The Labute approximate surface area is 117 Å². The summed E-state index contributed by atoms with van der Waals surface area (Å²) in [5.41, 5.74) is 6.13. The first-order chi connectivity index (χ1) is 9.13. The van der Waals surface area contributed by atoms with E-state index in [0.717, 1.165) is 17.3 Å². The topological polar surface area (TPSA) is 81.0 Å². The van der Waals surface area contributed by atoms with Crippen molar-refractivity contribution in [3.05, 3.63) is 44.9 Å². The average molecular weight is 322 g/mol. The molecular formula is C13H12BrN3O2. The van der Waals surface area contributed by atoms with Gasteiger partial charge in [-0.05, 0) is 40.9 Å². The molecule has 0 radical (unpaired) electrons. The molecule has 1 aliphatic carbocycles. The molecule has 0 saturated heterocycles. The van der Waals surface area contributed by atoms with E-state index in [1.165, 1.54) is 6.07 Å². The van der Waals surface area contributed by atoms with E-state index >= 15 is 0 Å². The van der Waals surface area contributed by atoms with Crippen molar-refractivity contribution in [2.45, 2.75) is 18.8 Å². The van der Waals surface area contributed by atoms with Crippen molar-refractivity contribution in [2.24, 2.45) is 0 Å². The van der Waals surface area contributed by atoms with E-state index in [1.807, 2.05) is 12.1 Å². The second kappa shape index (κ2) is 4.70. The molecular weight excluding hydrogens is 310 g/mol. The van der Waals surface area contributed by atoms with Crippen LogP contribution in [0.15, 0.2) is 33.5 Å². The third-order valence-electron chi connectivity index (χ3n) is 2.90. The second-order valence-corrected chi connectivity index (χ2v) is 5.36. The number of hydrogen-bond donors (Lipinski definition) is 2. The molecule has 19 heavy (non-hydrogen) atoms. The van der Waals surface area contributed by atoms with E-state index in [0.29, 0.717) is 23.2 Å². The summed E-state index contributed by atoms with van der Waals surface area (Å²) in [6.45, 7) is 0. The van der Waals surface area contributed by atoms with Crippen LogP contribution in [0.4, 0.5) is 5.69 Å². The van der Waals surface area contributed by atoms with Gasteiger partial charge in [-0.25, -0.2) is 0 Å². The third kappa shape index (κ3) is 2.63.